The lowest BCUT2D eigenvalue weighted by atomic mass is 10.4. The summed E-state index contributed by atoms with van der Waals surface area (Å²) in [6.45, 7) is 1.95. The SMILES string of the molecule is Cc1ccc(-c2nc(C(Cl)(Cl)Cl)nc(C(Cl)(Cl)Cl)n2)s1. The topological polar surface area (TPSA) is 38.7 Å². The fourth-order valence-corrected chi connectivity index (χ4v) is 2.60. The highest BCUT2D eigenvalue weighted by molar-refractivity contribution is 7.15. The van der Waals surface area contributed by atoms with Crippen LogP contribution in [0.1, 0.15) is 16.5 Å². The predicted octanol–water partition coefficient (Wildman–Crippen LogP) is 5.56. The van der Waals surface area contributed by atoms with E-state index >= 15 is 0 Å². The van der Waals surface area contributed by atoms with Crippen molar-refractivity contribution in [2.75, 3.05) is 0 Å². The van der Waals surface area contributed by atoms with Crippen LogP contribution in [0.3, 0.4) is 0 Å². The summed E-state index contributed by atoms with van der Waals surface area (Å²) in [5.74, 6) is 0.0977. The highest BCUT2D eigenvalue weighted by Gasteiger charge is 2.34. The van der Waals surface area contributed by atoms with Crippen LogP contribution in [-0.4, -0.2) is 15.0 Å². The zero-order valence-corrected chi connectivity index (χ0v) is 15.0. The minimum atomic E-state index is -1.84. The van der Waals surface area contributed by atoms with Gasteiger partial charge in [-0.2, -0.15) is 0 Å². The summed E-state index contributed by atoms with van der Waals surface area (Å²) in [5, 5.41) is 0. The lowest BCUT2D eigenvalue weighted by Crippen LogP contribution is -2.16. The molecule has 20 heavy (non-hydrogen) atoms. The molecule has 2 aromatic heterocycles. The van der Waals surface area contributed by atoms with Crippen molar-refractivity contribution >= 4 is 80.9 Å². The lowest BCUT2D eigenvalue weighted by Gasteiger charge is -2.15. The Balaban J connectivity index is 2.63. The molecule has 0 amide bonds. The molecule has 0 saturated heterocycles. The molecule has 0 bridgehead atoms. The van der Waals surface area contributed by atoms with E-state index in [4.69, 9.17) is 69.6 Å². The van der Waals surface area contributed by atoms with Crippen molar-refractivity contribution in [3.8, 4) is 10.7 Å². The molecule has 0 aliphatic carbocycles. The van der Waals surface area contributed by atoms with Crippen molar-refractivity contribution in [2.45, 2.75) is 14.5 Å². The van der Waals surface area contributed by atoms with E-state index < -0.39 is 7.59 Å². The summed E-state index contributed by atoms with van der Waals surface area (Å²) in [6.07, 6.45) is 0. The minimum Gasteiger partial charge on any atom is -0.209 e. The molecule has 0 spiro atoms. The Bertz CT molecular complexity index is 598. The molecule has 0 radical (unpaired) electrons. The third kappa shape index (κ3) is 4.01. The first-order valence-corrected chi connectivity index (χ1v) is 8.13. The van der Waals surface area contributed by atoms with Crippen LogP contribution < -0.4 is 0 Å². The molecule has 0 N–H and O–H groups in total. The van der Waals surface area contributed by atoms with Gasteiger partial charge in [0.1, 0.15) is 0 Å². The standard InChI is InChI=1S/C10H5Cl6N3S/c1-4-2-3-5(20-4)6-17-7(9(11,12)13)19-8(18-6)10(14,15)16/h2-3H,1H3. The number of nitrogens with zero attached hydrogens (tertiary/aromatic N) is 3. The summed E-state index contributed by atoms with van der Waals surface area (Å²) in [5.41, 5.74) is 0. The Labute approximate surface area is 149 Å². The van der Waals surface area contributed by atoms with Gasteiger partial charge in [0.05, 0.1) is 4.88 Å². The van der Waals surface area contributed by atoms with Gasteiger partial charge in [-0.05, 0) is 19.1 Å². The van der Waals surface area contributed by atoms with Crippen LogP contribution in [0.2, 0.25) is 0 Å². The molecule has 2 heterocycles. The maximum atomic E-state index is 5.80. The van der Waals surface area contributed by atoms with E-state index in [0.29, 0.717) is 5.82 Å². The van der Waals surface area contributed by atoms with Gasteiger partial charge >= 0.3 is 0 Å². The summed E-state index contributed by atoms with van der Waals surface area (Å²) < 4.78 is -3.68. The first-order valence-electron chi connectivity index (χ1n) is 5.04. The summed E-state index contributed by atoms with van der Waals surface area (Å²) in [7, 11) is 0. The molecule has 2 rings (SSSR count). The van der Waals surface area contributed by atoms with Gasteiger partial charge in [-0.25, -0.2) is 15.0 Å². The Morgan fingerprint density at radius 2 is 1.35 bits per heavy atom. The number of thiophene rings is 1. The molecule has 0 atom stereocenters. The van der Waals surface area contributed by atoms with Crippen LogP contribution in [0.25, 0.3) is 10.7 Å². The van der Waals surface area contributed by atoms with Crippen molar-refractivity contribution in [1.29, 1.82) is 0 Å². The van der Waals surface area contributed by atoms with Gasteiger partial charge in [-0.1, -0.05) is 69.6 Å². The second kappa shape index (κ2) is 5.92. The smallest absolute Gasteiger partial charge is 0.209 e. The van der Waals surface area contributed by atoms with Crippen molar-refractivity contribution in [3.63, 3.8) is 0 Å². The Morgan fingerprint density at radius 1 is 0.850 bits per heavy atom. The molecular weight excluding hydrogens is 407 g/mol. The number of rotatable bonds is 1. The molecule has 2 aromatic rings. The number of alkyl halides is 6. The molecule has 108 valence electrons. The van der Waals surface area contributed by atoms with Crippen molar-refractivity contribution in [2.24, 2.45) is 0 Å². The molecule has 0 fully saturated rings. The second-order valence-electron chi connectivity index (χ2n) is 3.71. The molecular formula is C10H5Cl6N3S. The predicted molar refractivity (Wildman–Crippen MR) is 86.4 cm³/mol. The van der Waals surface area contributed by atoms with E-state index in [1.807, 2.05) is 19.1 Å². The fourth-order valence-electron chi connectivity index (χ4n) is 1.29. The highest BCUT2D eigenvalue weighted by Crippen LogP contribution is 2.41. The maximum Gasteiger partial charge on any atom is 0.250 e. The van der Waals surface area contributed by atoms with Crippen LogP contribution in [-0.2, 0) is 7.59 Å². The van der Waals surface area contributed by atoms with Crippen LogP contribution in [0.4, 0.5) is 0 Å². The van der Waals surface area contributed by atoms with Gasteiger partial charge in [-0.15, -0.1) is 11.3 Å². The van der Waals surface area contributed by atoms with Gasteiger partial charge < -0.3 is 0 Å². The third-order valence-electron chi connectivity index (χ3n) is 2.10. The quantitative estimate of drug-likeness (QED) is 0.576. The van der Waals surface area contributed by atoms with Crippen LogP contribution in [0.15, 0.2) is 12.1 Å². The molecule has 0 aliphatic rings. The number of hydrogen-bond acceptors (Lipinski definition) is 4. The first kappa shape index (κ1) is 16.8. The van der Waals surface area contributed by atoms with Gasteiger partial charge in [0.25, 0.3) is 0 Å². The van der Waals surface area contributed by atoms with E-state index in [2.05, 4.69) is 15.0 Å². The van der Waals surface area contributed by atoms with E-state index in [0.717, 1.165) is 9.75 Å². The second-order valence-corrected chi connectivity index (χ2v) is 9.56. The van der Waals surface area contributed by atoms with Crippen LogP contribution in [0.5, 0.6) is 0 Å². The van der Waals surface area contributed by atoms with Gasteiger partial charge in [0.2, 0.25) is 7.59 Å². The van der Waals surface area contributed by atoms with Gasteiger partial charge in [-0.3, -0.25) is 0 Å². The largest absolute Gasteiger partial charge is 0.250 e. The number of aryl methyl sites for hydroxylation is 1. The van der Waals surface area contributed by atoms with Crippen molar-refractivity contribution in [3.05, 3.63) is 28.7 Å². The Morgan fingerprint density at radius 3 is 1.70 bits per heavy atom. The summed E-state index contributed by atoms with van der Waals surface area (Å²) >= 11 is 36.3. The van der Waals surface area contributed by atoms with E-state index in [1.54, 1.807) is 0 Å². The Kier molecular flexibility index (Phi) is 4.97. The first-order chi connectivity index (χ1) is 9.07. The maximum absolute atomic E-state index is 5.80. The summed E-state index contributed by atoms with van der Waals surface area (Å²) in [6, 6.07) is 3.74. The van der Waals surface area contributed by atoms with Crippen LogP contribution >= 0.6 is 80.9 Å². The van der Waals surface area contributed by atoms with Crippen LogP contribution in [0, 0.1) is 6.92 Å². The molecule has 3 nitrogen and oxygen atoms in total. The molecule has 0 aliphatic heterocycles. The monoisotopic (exact) mass is 409 g/mol. The normalized spacial score (nSPS) is 12.8. The molecule has 0 aromatic carbocycles. The molecule has 10 heteroatoms. The number of aromatic nitrogens is 3. The third-order valence-corrected chi connectivity index (χ3v) is 4.11. The Hall–Kier alpha value is 0.450. The van der Waals surface area contributed by atoms with Gasteiger partial charge in [0, 0.05) is 4.88 Å². The zero-order chi connectivity index (χ0) is 15.1. The summed E-state index contributed by atoms with van der Waals surface area (Å²) in [4.78, 5) is 14.0. The van der Waals surface area contributed by atoms with Crippen molar-refractivity contribution < 1.29 is 0 Å². The number of hydrogen-bond donors (Lipinski definition) is 0. The average molecular weight is 412 g/mol. The zero-order valence-electron chi connectivity index (χ0n) is 9.67. The average Bonchev–Trinajstić information content (AvgIpc) is 2.73. The lowest BCUT2D eigenvalue weighted by molar-refractivity contribution is 0.853. The van der Waals surface area contributed by atoms with E-state index in [-0.39, 0.29) is 11.6 Å². The fraction of sp³-hybridized carbons (Fsp3) is 0.300. The van der Waals surface area contributed by atoms with E-state index in [1.165, 1.54) is 11.3 Å². The van der Waals surface area contributed by atoms with Crippen molar-refractivity contribution in [1.82, 2.24) is 15.0 Å². The molecule has 0 saturated carbocycles. The van der Waals surface area contributed by atoms with E-state index in [9.17, 15) is 0 Å². The van der Waals surface area contributed by atoms with Gasteiger partial charge in [0.15, 0.2) is 17.5 Å². The molecule has 0 unspecified atom stereocenters. The number of halogens is 6. The highest BCUT2D eigenvalue weighted by atomic mass is 35.6. The minimum absolute atomic E-state index is 0.0973.